The Hall–Kier alpha value is -3.68. The molecule has 0 fully saturated rings. The molecule has 0 amide bonds. The molecule has 4 rings (SSSR count). The van der Waals surface area contributed by atoms with E-state index in [9.17, 15) is 14.7 Å². The number of ether oxygens (including phenoxy) is 5. The van der Waals surface area contributed by atoms with Crippen molar-refractivity contribution < 1.29 is 38.4 Å². The number of nitrogens with zero attached hydrogens (tertiary/aromatic N) is 4. The summed E-state index contributed by atoms with van der Waals surface area (Å²) in [5.74, 6) is 1.16. The fourth-order valence-electron chi connectivity index (χ4n) is 3.59. The average Bonchev–Trinajstić information content (AvgIpc) is 3.03. The van der Waals surface area contributed by atoms with Crippen molar-refractivity contribution in [2.75, 3.05) is 39.4 Å². The molecule has 0 saturated carbocycles. The van der Waals surface area contributed by atoms with Crippen LogP contribution in [0.15, 0.2) is 36.9 Å². The zero-order valence-corrected chi connectivity index (χ0v) is 28.4. The van der Waals surface area contributed by atoms with Gasteiger partial charge in [-0.15, -0.1) is 0 Å². The zero-order valence-electron chi connectivity index (χ0n) is 25.3. The lowest BCUT2D eigenvalue weighted by Gasteiger charge is -2.12. The second kappa shape index (κ2) is 20.4. The maximum atomic E-state index is 11.3. The van der Waals surface area contributed by atoms with Gasteiger partial charge in [0.1, 0.15) is 23.0 Å². The van der Waals surface area contributed by atoms with E-state index in [1.54, 1.807) is 32.2 Å². The third-order valence-corrected chi connectivity index (χ3v) is 6.83. The van der Waals surface area contributed by atoms with E-state index in [1.165, 1.54) is 25.8 Å². The lowest BCUT2D eigenvalue weighted by Crippen LogP contribution is -2.07. The summed E-state index contributed by atoms with van der Waals surface area (Å²) < 4.78 is 25.4. The zero-order chi connectivity index (χ0) is 33.2. The summed E-state index contributed by atoms with van der Waals surface area (Å²) in [6, 6.07) is 6.57. The molecule has 15 heteroatoms. The molecule has 0 spiro atoms. The summed E-state index contributed by atoms with van der Waals surface area (Å²) in [7, 11) is 3.02. The number of aromatic hydroxyl groups is 1. The standard InChI is InChI=1S/C15H17ClN2O4.C9H7ClN2O2.C6H11BrO2/c1-3-21-14(19)5-4-6-22-13-8-11-10(7-12(13)20-2)15(16)18-9-17-11;1-14-8-2-5-6(3-7(8)13)11-4-12-9(5)10;1-2-9-6(8)4-3-5-7/h7-9H,3-6H2,1-2H3;2-4,13H,1H3;2-5H2,1H3. The molecule has 0 aliphatic rings. The first kappa shape index (κ1) is 37.5. The number of methoxy groups -OCH3 is 2. The number of rotatable bonds is 12. The number of benzene rings is 2. The summed E-state index contributed by atoms with van der Waals surface area (Å²) in [6.07, 6.45) is 5.00. The van der Waals surface area contributed by atoms with Crippen molar-refractivity contribution in [2.24, 2.45) is 0 Å². The van der Waals surface area contributed by atoms with E-state index in [0.717, 1.165) is 11.8 Å². The largest absolute Gasteiger partial charge is 0.504 e. The Morgan fingerprint density at radius 3 is 1.78 bits per heavy atom. The van der Waals surface area contributed by atoms with E-state index in [0.29, 0.717) is 88.4 Å². The molecular weight excluding hydrogens is 695 g/mol. The fourth-order valence-corrected chi connectivity index (χ4v) is 4.26. The van der Waals surface area contributed by atoms with Crippen LogP contribution in [-0.2, 0) is 19.1 Å². The molecule has 0 atom stereocenters. The smallest absolute Gasteiger partial charge is 0.305 e. The van der Waals surface area contributed by atoms with E-state index in [4.69, 9.17) is 42.1 Å². The lowest BCUT2D eigenvalue weighted by molar-refractivity contribution is -0.144. The minimum atomic E-state index is -0.226. The highest BCUT2D eigenvalue weighted by molar-refractivity contribution is 9.09. The minimum Gasteiger partial charge on any atom is -0.504 e. The van der Waals surface area contributed by atoms with E-state index < -0.39 is 0 Å². The topological polar surface area (TPSA) is 152 Å². The number of aromatic nitrogens is 4. The summed E-state index contributed by atoms with van der Waals surface area (Å²) >= 11 is 15.1. The van der Waals surface area contributed by atoms with Crippen LogP contribution in [0, 0.1) is 0 Å². The molecule has 2 aromatic heterocycles. The van der Waals surface area contributed by atoms with Crippen molar-refractivity contribution in [1.29, 1.82) is 0 Å². The molecule has 4 aromatic rings. The number of alkyl halides is 1. The molecule has 0 unspecified atom stereocenters. The molecule has 0 radical (unpaired) electrons. The van der Waals surface area contributed by atoms with Crippen LogP contribution in [0.2, 0.25) is 10.3 Å². The molecule has 2 heterocycles. The first-order chi connectivity index (χ1) is 21.7. The van der Waals surface area contributed by atoms with Crippen molar-refractivity contribution in [3.8, 4) is 23.0 Å². The van der Waals surface area contributed by atoms with Gasteiger partial charge in [0.2, 0.25) is 0 Å². The van der Waals surface area contributed by atoms with Crippen molar-refractivity contribution in [2.45, 2.75) is 39.5 Å². The predicted molar refractivity (Wildman–Crippen MR) is 175 cm³/mol. The summed E-state index contributed by atoms with van der Waals surface area (Å²) in [4.78, 5) is 37.7. The normalized spacial score (nSPS) is 10.2. The number of carbonyl (C=O) groups excluding carboxylic acids is 2. The molecule has 45 heavy (non-hydrogen) atoms. The molecule has 12 nitrogen and oxygen atoms in total. The number of hydrogen-bond acceptors (Lipinski definition) is 12. The van der Waals surface area contributed by atoms with Crippen LogP contribution in [0.5, 0.6) is 23.0 Å². The fraction of sp³-hybridized carbons (Fsp3) is 0.400. The number of fused-ring (bicyclic) bond motifs is 2. The van der Waals surface area contributed by atoms with Gasteiger partial charge in [-0.25, -0.2) is 19.9 Å². The van der Waals surface area contributed by atoms with Gasteiger partial charge in [-0.2, -0.15) is 0 Å². The van der Waals surface area contributed by atoms with Crippen LogP contribution in [0.3, 0.4) is 0 Å². The number of halogens is 3. The Labute approximate surface area is 279 Å². The van der Waals surface area contributed by atoms with E-state index in [-0.39, 0.29) is 17.7 Å². The van der Waals surface area contributed by atoms with Gasteiger partial charge in [0, 0.05) is 41.1 Å². The van der Waals surface area contributed by atoms with Crippen molar-refractivity contribution in [3.05, 3.63) is 47.2 Å². The second-order valence-corrected chi connectivity index (χ2v) is 10.3. The molecule has 0 aliphatic heterocycles. The number of phenols is 1. The molecule has 0 aliphatic carbocycles. The Kier molecular flexibility index (Phi) is 17.0. The highest BCUT2D eigenvalue weighted by Crippen LogP contribution is 2.34. The monoisotopic (exact) mass is 728 g/mol. The Morgan fingerprint density at radius 1 is 0.756 bits per heavy atom. The first-order valence-electron chi connectivity index (χ1n) is 13.8. The van der Waals surface area contributed by atoms with E-state index in [2.05, 4.69) is 40.6 Å². The SMILES string of the molecule is CCOC(=O)CCCBr.CCOC(=O)CCCOc1cc2ncnc(Cl)c2cc1OC.COc1cc2c(Cl)ncnc2cc1O. The molecule has 0 bridgehead atoms. The average molecular weight is 730 g/mol. The number of phenolic OH excluding ortho intramolecular Hbond substituents is 1. The van der Waals surface area contributed by atoms with Gasteiger partial charge >= 0.3 is 11.9 Å². The predicted octanol–water partition coefficient (Wildman–Crippen LogP) is 6.74. The summed E-state index contributed by atoms with van der Waals surface area (Å²) in [6.45, 7) is 4.84. The van der Waals surface area contributed by atoms with Crippen molar-refractivity contribution >= 4 is 72.9 Å². The number of hydrogen-bond donors (Lipinski definition) is 1. The quantitative estimate of drug-likeness (QED) is 0.0712. The lowest BCUT2D eigenvalue weighted by atomic mass is 10.2. The van der Waals surface area contributed by atoms with Gasteiger partial charge < -0.3 is 28.8 Å². The van der Waals surface area contributed by atoms with E-state index >= 15 is 0 Å². The van der Waals surface area contributed by atoms with Gasteiger partial charge in [0.05, 0.1) is 45.1 Å². The van der Waals surface area contributed by atoms with Gasteiger partial charge in [-0.3, -0.25) is 9.59 Å². The Morgan fingerprint density at radius 2 is 1.27 bits per heavy atom. The van der Waals surface area contributed by atoms with E-state index in [1.807, 2.05) is 6.92 Å². The highest BCUT2D eigenvalue weighted by Gasteiger charge is 2.11. The maximum absolute atomic E-state index is 11.3. The first-order valence-corrected chi connectivity index (χ1v) is 15.7. The molecule has 2 aromatic carbocycles. The summed E-state index contributed by atoms with van der Waals surface area (Å²) in [5.41, 5.74) is 1.25. The van der Waals surface area contributed by atoms with Gasteiger partial charge in [0.25, 0.3) is 0 Å². The Balaban J connectivity index is 0.000000262. The van der Waals surface area contributed by atoms with Crippen LogP contribution < -0.4 is 14.2 Å². The summed E-state index contributed by atoms with van der Waals surface area (Å²) in [5, 5.41) is 12.4. The number of carbonyl (C=O) groups is 2. The highest BCUT2D eigenvalue weighted by atomic mass is 79.9. The van der Waals surface area contributed by atoms with Crippen LogP contribution >= 0.6 is 39.1 Å². The van der Waals surface area contributed by atoms with Crippen LogP contribution in [-0.4, -0.2) is 76.4 Å². The van der Waals surface area contributed by atoms with Gasteiger partial charge in [-0.1, -0.05) is 39.1 Å². The maximum Gasteiger partial charge on any atom is 0.305 e. The van der Waals surface area contributed by atoms with Crippen molar-refractivity contribution in [3.63, 3.8) is 0 Å². The van der Waals surface area contributed by atoms with Crippen LogP contribution in [0.25, 0.3) is 21.8 Å². The van der Waals surface area contributed by atoms with Crippen LogP contribution in [0.4, 0.5) is 0 Å². The second-order valence-electron chi connectivity index (χ2n) is 8.74. The Bertz CT molecular complexity index is 1550. The molecule has 1 N–H and O–H groups in total. The molecule has 0 saturated heterocycles. The third kappa shape index (κ3) is 12.3. The van der Waals surface area contributed by atoms with Crippen LogP contribution in [0.1, 0.15) is 39.5 Å². The van der Waals surface area contributed by atoms with Gasteiger partial charge in [-0.05, 0) is 38.8 Å². The minimum absolute atomic E-state index is 0.0368. The molecular formula is C30H35BrCl2N4O8. The van der Waals surface area contributed by atoms with Gasteiger partial charge in [0.15, 0.2) is 23.0 Å². The third-order valence-electron chi connectivity index (χ3n) is 5.67. The van der Waals surface area contributed by atoms with Crippen molar-refractivity contribution in [1.82, 2.24) is 19.9 Å². The number of esters is 2. The molecule has 244 valence electrons.